The van der Waals surface area contributed by atoms with E-state index in [0.717, 1.165) is 24.5 Å². The monoisotopic (exact) mass is 498 g/mol. The fourth-order valence-corrected chi connectivity index (χ4v) is 5.46. The van der Waals surface area contributed by atoms with Crippen molar-refractivity contribution in [2.45, 2.75) is 52.3 Å². The predicted octanol–water partition coefficient (Wildman–Crippen LogP) is 6.27. The highest BCUT2D eigenvalue weighted by Crippen LogP contribution is 2.36. The van der Waals surface area contributed by atoms with Gasteiger partial charge in [0.15, 0.2) is 5.65 Å². The lowest BCUT2D eigenvalue weighted by atomic mass is 9.94. The summed E-state index contributed by atoms with van der Waals surface area (Å²) in [5.74, 6) is 1.89. The first-order valence-electron chi connectivity index (χ1n) is 10.8. The number of aromatic nitrogens is 3. The Bertz CT molecular complexity index is 1150. The average Bonchev–Trinajstić information content (AvgIpc) is 2.79. The minimum absolute atomic E-state index is 0.154. The first kappa shape index (κ1) is 25.4. The van der Waals surface area contributed by atoms with E-state index in [2.05, 4.69) is 20.3 Å². The van der Waals surface area contributed by atoms with Crippen molar-refractivity contribution in [1.29, 1.82) is 0 Å². The van der Waals surface area contributed by atoms with Crippen molar-refractivity contribution in [3.8, 4) is 0 Å². The minimum Gasteiger partial charge on any atom is -0.365 e. The Morgan fingerprint density at radius 1 is 1.18 bits per heavy atom. The van der Waals surface area contributed by atoms with Gasteiger partial charge in [-0.15, -0.1) is 0 Å². The summed E-state index contributed by atoms with van der Waals surface area (Å²) in [7, 11) is -0.788. The molecular formula is C23H26ClF3N4OS. The van der Waals surface area contributed by atoms with Gasteiger partial charge in [-0.1, -0.05) is 37.6 Å². The van der Waals surface area contributed by atoms with Crippen LogP contribution in [0.5, 0.6) is 0 Å². The Balaban J connectivity index is 0.00000149. The fraction of sp³-hybridized carbons (Fsp3) is 0.435. The lowest BCUT2D eigenvalue weighted by molar-refractivity contribution is -0.138. The molecule has 0 amide bonds. The fourth-order valence-electron chi connectivity index (χ4n) is 3.87. The molecule has 10 heteroatoms. The molecule has 0 atom stereocenters. The maximum atomic E-state index is 13.2. The number of rotatable bonds is 4. The average molecular weight is 499 g/mol. The van der Waals surface area contributed by atoms with Crippen molar-refractivity contribution in [1.82, 2.24) is 15.0 Å². The third kappa shape index (κ3) is 5.81. The Labute approximate surface area is 198 Å². The second kappa shape index (κ2) is 10.8. The van der Waals surface area contributed by atoms with Crippen LogP contribution in [0.3, 0.4) is 0 Å². The largest absolute Gasteiger partial charge is 0.416 e. The van der Waals surface area contributed by atoms with E-state index >= 15 is 0 Å². The molecular weight excluding hydrogens is 473 g/mol. The molecule has 1 fully saturated rings. The molecule has 178 valence electrons. The minimum atomic E-state index is -4.40. The molecule has 1 aliphatic heterocycles. The smallest absolute Gasteiger partial charge is 0.365 e. The van der Waals surface area contributed by atoms with Gasteiger partial charge in [-0.05, 0) is 54.5 Å². The maximum Gasteiger partial charge on any atom is 0.416 e. The first-order valence-corrected chi connectivity index (χ1v) is 12.7. The van der Waals surface area contributed by atoms with E-state index in [1.807, 2.05) is 19.9 Å². The molecule has 1 N–H and O–H groups in total. The van der Waals surface area contributed by atoms with Crippen molar-refractivity contribution in [2.75, 3.05) is 16.8 Å². The van der Waals surface area contributed by atoms with Crippen LogP contribution in [-0.4, -0.2) is 30.7 Å². The Kier molecular flexibility index (Phi) is 8.28. The van der Waals surface area contributed by atoms with Gasteiger partial charge in [0.1, 0.15) is 17.3 Å². The van der Waals surface area contributed by atoms with Crippen molar-refractivity contribution < 1.29 is 17.4 Å². The number of hydrogen-bond acceptors (Lipinski definition) is 5. The summed E-state index contributed by atoms with van der Waals surface area (Å²) in [6, 6.07) is 6.03. The Morgan fingerprint density at radius 2 is 1.88 bits per heavy atom. The van der Waals surface area contributed by atoms with Crippen LogP contribution in [0.25, 0.3) is 11.0 Å². The Hall–Kier alpha value is -2.26. The van der Waals surface area contributed by atoms with Gasteiger partial charge in [0.05, 0.1) is 10.9 Å². The van der Waals surface area contributed by atoms with Crippen molar-refractivity contribution in [2.24, 2.45) is 0 Å². The van der Waals surface area contributed by atoms with Gasteiger partial charge >= 0.3 is 6.18 Å². The molecule has 33 heavy (non-hydrogen) atoms. The molecule has 3 aromatic rings. The van der Waals surface area contributed by atoms with Gasteiger partial charge < -0.3 is 5.32 Å². The van der Waals surface area contributed by atoms with Crippen LogP contribution < -0.4 is 5.32 Å². The standard InChI is InChI=1S/C21H20ClF3N4OS.C2H6/c1-12-14(3-2-4-17(12)21(23,24)25)10-26-19-16-9-15(13-5-7-31(30)8-6-13)18(22)29-20(16)28-11-27-19;1-2/h2-4,9,11,13H,5-8,10H2,1H3,(H,26,27,28,29);1-2H3. The van der Waals surface area contributed by atoms with Crippen LogP contribution >= 0.6 is 11.6 Å². The summed E-state index contributed by atoms with van der Waals surface area (Å²) < 4.78 is 51.3. The van der Waals surface area contributed by atoms with Gasteiger partial charge in [0, 0.05) is 28.9 Å². The highest BCUT2D eigenvalue weighted by atomic mass is 35.5. The topological polar surface area (TPSA) is 67.8 Å². The SMILES string of the molecule is CC.Cc1c(CNc2ncnc3nc(Cl)c(C4CCS(=O)CC4)cc23)cccc1C(F)(F)F. The quantitative estimate of drug-likeness (QED) is 0.429. The predicted molar refractivity (Wildman–Crippen MR) is 127 cm³/mol. The summed E-state index contributed by atoms with van der Waals surface area (Å²) in [5, 5.41) is 4.15. The zero-order valence-electron chi connectivity index (χ0n) is 18.7. The lowest BCUT2D eigenvalue weighted by Gasteiger charge is -2.22. The number of hydrogen-bond donors (Lipinski definition) is 1. The summed E-state index contributed by atoms with van der Waals surface area (Å²) in [5.41, 5.74) is 1.33. The third-order valence-electron chi connectivity index (χ3n) is 5.63. The second-order valence-electron chi connectivity index (χ2n) is 7.53. The van der Waals surface area contributed by atoms with Crippen LogP contribution in [0.15, 0.2) is 30.6 Å². The maximum absolute atomic E-state index is 13.2. The zero-order valence-corrected chi connectivity index (χ0v) is 20.2. The van der Waals surface area contributed by atoms with E-state index in [1.54, 1.807) is 6.07 Å². The van der Waals surface area contributed by atoms with E-state index in [0.29, 0.717) is 39.1 Å². The van der Waals surface area contributed by atoms with Gasteiger partial charge in [0.2, 0.25) is 0 Å². The second-order valence-corrected chi connectivity index (χ2v) is 9.58. The molecule has 0 unspecified atom stereocenters. The Morgan fingerprint density at radius 3 is 2.55 bits per heavy atom. The molecule has 1 saturated heterocycles. The van der Waals surface area contributed by atoms with Crippen LogP contribution in [0.2, 0.25) is 5.15 Å². The number of nitrogens with one attached hydrogen (secondary N) is 1. The number of alkyl halides is 3. The normalized spacial score (nSPS) is 18.5. The number of fused-ring (bicyclic) bond motifs is 1. The van der Waals surface area contributed by atoms with Crippen molar-refractivity contribution in [3.05, 3.63) is 58.0 Å². The molecule has 0 radical (unpaired) electrons. The van der Waals surface area contributed by atoms with Gasteiger partial charge in [-0.25, -0.2) is 15.0 Å². The van der Waals surface area contributed by atoms with Crippen LogP contribution in [0.4, 0.5) is 19.0 Å². The van der Waals surface area contributed by atoms with E-state index < -0.39 is 22.5 Å². The van der Waals surface area contributed by atoms with Gasteiger partial charge in [-0.2, -0.15) is 13.2 Å². The summed E-state index contributed by atoms with van der Waals surface area (Å²) in [4.78, 5) is 12.8. The number of nitrogens with zero attached hydrogens (tertiary/aromatic N) is 3. The van der Waals surface area contributed by atoms with Gasteiger partial charge in [0.25, 0.3) is 0 Å². The lowest BCUT2D eigenvalue weighted by Crippen LogP contribution is -2.17. The molecule has 1 aliphatic rings. The van der Waals surface area contributed by atoms with E-state index in [9.17, 15) is 17.4 Å². The molecule has 5 nitrogen and oxygen atoms in total. The molecule has 4 rings (SSSR count). The highest BCUT2D eigenvalue weighted by molar-refractivity contribution is 7.85. The number of benzene rings is 1. The van der Waals surface area contributed by atoms with Crippen LogP contribution in [-0.2, 0) is 23.5 Å². The van der Waals surface area contributed by atoms with E-state index in [-0.39, 0.29) is 18.0 Å². The molecule has 0 aliphatic carbocycles. The van der Waals surface area contributed by atoms with Crippen molar-refractivity contribution >= 4 is 39.3 Å². The van der Waals surface area contributed by atoms with E-state index in [4.69, 9.17) is 11.6 Å². The molecule has 0 bridgehead atoms. The summed E-state index contributed by atoms with van der Waals surface area (Å²) in [6.45, 7) is 5.63. The van der Waals surface area contributed by atoms with Gasteiger partial charge in [-0.3, -0.25) is 4.21 Å². The van der Waals surface area contributed by atoms with Crippen molar-refractivity contribution in [3.63, 3.8) is 0 Å². The van der Waals surface area contributed by atoms with Crippen LogP contribution in [0, 0.1) is 6.92 Å². The summed E-state index contributed by atoms with van der Waals surface area (Å²) in [6.07, 6.45) is -1.53. The molecule has 1 aromatic carbocycles. The molecule has 3 heterocycles. The number of halogens is 4. The first-order chi connectivity index (χ1) is 15.7. The number of pyridine rings is 1. The van der Waals surface area contributed by atoms with E-state index in [1.165, 1.54) is 19.3 Å². The summed E-state index contributed by atoms with van der Waals surface area (Å²) >= 11 is 6.40. The molecule has 0 saturated carbocycles. The molecule has 2 aromatic heterocycles. The third-order valence-corrected chi connectivity index (χ3v) is 7.32. The molecule has 0 spiro atoms. The number of anilines is 1. The van der Waals surface area contributed by atoms with Crippen LogP contribution in [0.1, 0.15) is 54.9 Å². The zero-order chi connectivity index (χ0) is 24.2. The highest BCUT2D eigenvalue weighted by Gasteiger charge is 2.32.